The Bertz CT molecular complexity index is 1080. The molecule has 0 saturated heterocycles. The molecule has 1 amide bonds. The monoisotopic (exact) mass is 391 g/mol. The molecule has 0 atom stereocenters. The van der Waals surface area contributed by atoms with Gasteiger partial charge in [-0.3, -0.25) is 4.79 Å². The minimum absolute atomic E-state index is 0.0498. The minimum atomic E-state index is -0.0498. The zero-order chi connectivity index (χ0) is 18.6. The van der Waals surface area contributed by atoms with E-state index in [0.717, 1.165) is 37.1 Å². The fourth-order valence-electron chi connectivity index (χ4n) is 2.68. The summed E-state index contributed by atoms with van der Waals surface area (Å²) >= 11 is 2.99. The van der Waals surface area contributed by atoms with E-state index in [2.05, 4.69) is 22.4 Å². The van der Waals surface area contributed by atoms with Gasteiger partial charge in [-0.05, 0) is 41.5 Å². The lowest BCUT2D eigenvalue weighted by Gasteiger charge is -2.06. The molecule has 4 rings (SSSR count). The van der Waals surface area contributed by atoms with Crippen LogP contribution in [0.3, 0.4) is 0 Å². The molecule has 0 unspecified atom stereocenters. The van der Waals surface area contributed by atoms with Crippen LogP contribution in [-0.4, -0.2) is 16.6 Å². The molecule has 27 heavy (non-hydrogen) atoms. The molecule has 0 fully saturated rings. The number of nitrogen functional groups attached to an aromatic ring is 1. The van der Waals surface area contributed by atoms with Gasteiger partial charge in [0.1, 0.15) is 0 Å². The van der Waals surface area contributed by atoms with Gasteiger partial charge in [0, 0.05) is 11.4 Å². The molecule has 0 saturated carbocycles. The SMILES string of the molecule is Nc1ccc2nc(SCC(=O)Nc3ccc(-c4ccccc4)cc3)sc2c1. The molecule has 4 aromatic rings. The van der Waals surface area contributed by atoms with E-state index < -0.39 is 0 Å². The van der Waals surface area contributed by atoms with Gasteiger partial charge in [-0.2, -0.15) is 0 Å². The summed E-state index contributed by atoms with van der Waals surface area (Å²) in [5.41, 5.74) is 10.5. The molecule has 0 aliphatic rings. The van der Waals surface area contributed by atoms with Gasteiger partial charge < -0.3 is 11.1 Å². The van der Waals surface area contributed by atoms with E-state index in [9.17, 15) is 4.79 Å². The lowest BCUT2D eigenvalue weighted by atomic mass is 10.1. The van der Waals surface area contributed by atoms with Gasteiger partial charge >= 0.3 is 0 Å². The highest BCUT2D eigenvalue weighted by molar-refractivity contribution is 8.01. The van der Waals surface area contributed by atoms with Crippen molar-refractivity contribution < 1.29 is 4.79 Å². The molecule has 0 aliphatic carbocycles. The van der Waals surface area contributed by atoms with Crippen LogP contribution in [0.25, 0.3) is 21.3 Å². The van der Waals surface area contributed by atoms with Crippen LogP contribution in [0.2, 0.25) is 0 Å². The second-order valence-corrected chi connectivity index (χ2v) is 8.24. The van der Waals surface area contributed by atoms with E-state index in [1.54, 1.807) is 11.3 Å². The maximum atomic E-state index is 12.2. The summed E-state index contributed by atoms with van der Waals surface area (Å²) in [6.45, 7) is 0. The van der Waals surface area contributed by atoms with E-state index in [-0.39, 0.29) is 5.91 Å². The van der Waals surface area contributed by atoms with Gasteiger partial charge in [-0.1, -0.05) is 54.2 Å². The number of anilines is 2. The Morgan fingerprint density at radius 3 is 2.52 bits per heavy atom. The van der Waals surface area contributed by atoms with Gasteiger partial charge in [0.25, 0.3) is 0 Å². The van der Waals surface area contributed by atoms with Crippen molar-refractivity contribution in [1.82, 2.24) is 4.98 Å². The summed E-state index contributed by atoms with van der Waals surface area (Å²) in [7, 11) is 0. The third-order valence-electron chi connectivity index (χ3n) is 4.00. The Balaban J connectivity index is 1.36. The van der Waals surface area contributed by atoms with Gasteiger partial charge in [0.15, 0.2) is 4.34 Å². The first-order valence-corrected chi connectivity index (χ1v) is 10.2. The number of aromatic nitrogens is 1. The fourth-order valence-corrected chi connectivity index (χ4v) is 4.60. The van der Waals surface area contributed by atoms with Crippen LogP contribution in [0.1, 0.15) is 0 Å². The fraction of sp³-hybridized carbons (Fsp3) is 0.0476. The quantitative estimate of drug-likeness (QED) is 0.359. The number of hydrogen-bond acceptors (Lipinski definition) is 5. The third-order valence-corrected chi connectivity index (χ3v) is 6.16. The molecule has 1 heterocycles. The van der Waals surface area contributed by atoms with E-state index in [1.165, 1.54) is 11.8 Å². The molecule has 0 bridgehead atoms. The maximum Gasteiger partial charge on any atom is 0.234 e. The topological polar surface area (TPSA) is 68.0 Å². The summed E-state index contributed by atoms with van der Waals surface area (Å²) in [6.07, 6.45) is 0. The van der Waals surface area contributed by atoms with E-state index >= 15 is 0 Å². The Morgan fingerprint density at radius 2 is 1.74 bits per heavy atom. The summed E-state index contributed by atoms with van der Waals surface area (Å²) in [5, 5.41) is 2.93. The number of nitrogens with two attached hydrogens (primary N) is 1. The Kier molecular flexibility index (Phi) is 5.09. The van der Waals surface area contributed by atoms with Crippen molar-refractivity contribution in [3.63, 3.8) is 0 Å². The van der Waals surface area contributed by atoms with Crippen molar-refractivity contribution in [3.8, 4) is 11.1 Å². The van der Waals surface area contributed by atoms with E-state index in [4.69, 9.17) is 5.73 Å². The smallest absolute Gasteiger partial charge is 0.234 e. The first-order valence-electron chi connectivity index (χ1n) is 8.41. The predicted octanol–water partition coefficient (Wildman–Crippen LogP) is 5.28. The van der Waals surface area contributed by atoms with Crippen LogP contribution in [0.15, 0.2) is 77.1 Å². The lowest BCUT2D eigenvalue weighted by molar-refractivity contribution is -0.113. The van der Waals surface area contributed by atoms with Crippen LogP contribution in [-0.2, 0) is 4.79 Å². The third kappa shape index (κ3) is 4.30. The number of rotatable bonds is 5. The summed E-state index contributed by atoms with van der Waals surface area (Å²) in [5.74, 6) is 0.265. The van der Waals surface area contributed by atoms with Gasteiger partial charge in [-0.25, -0.2) is 4.98 Å². The number of nitrogens with zero attached hydrogens (tertiary/aromatic N) is 1. The number of thioether (sulfide) groups is 1. The van der Waals surface area contributed by atoms with Crippen molar-refractivity contribution >= 4 is 50.6 Å². The molecule has 134 valence electrons. The number of thiazole rings is 1. The van der Waals surface area contributed by atoms with Gasteiger partial charge in [0.2, 0.25) is 5.91 Å². The predicted molar refractivity (Wildman–Crippen MR) is 115 cm³/mol. The van der Waals surface area contributed by atoms with E-state index in [0.29, 0.717) is 5.75 Å². The standard InChI is InChI=1S/C21H17N3OS2/c22-16-8-11-18-19(12-16)27-21(24-18)26-13-20(25)23-17-9-6-15(7-10-17)14-4-2-1-3-5-14/h1-12H,13,22H2,(H,23,25). The molecule has 4 nitrogen and oxygen atoms in total. The number of hydrogen-bond donors (Lipinski definition) is 2. The zero-order valence-corrected chi connectivity index (χ0v) is 16.0. The molecular weight excluding hydrogens is 374 g/mol. The average molecular weight is 392 g/mol. The number of carbonyl (C=O) groups excluding carboxylic acids is 1. The van der Waals surface area contributed by atoms with Crippen molar-refractivity contribution in [2.24, 2.45) is 0 Å². The Hall–Kier alpha value is -2.83. The lowest BCUT2D eigenvalue weighted by Crippen LogP contribution is -2.13. The number of carbonyl (C=O) groups is 1. The molecule has 0 aliphatic heterocycles. The van der Waals surface area contributed by atoms with Crippen molar-refractivity contribution in [2.75, 3.05) is 16.8 Å². The molecule has 3 N–H and O–H groups in total. The van der Waals surface area contributed by atoms with Crippen molar-refractivity contribution in [3.05, 3.63) is 72.8 Å². The Morgan fingerprint density at radius 1 is 1.00 bits per heavy atom. The first kappa shape index (κ1) is 17.6. The highest BCUT2D eigenvalue weighted by Crippen LogP contribution is 2.30. The minimum Gasteiger partial charge on any atom is -0.399 e. The molecule has 0 spiro atoms. The van der Waals surface area contributed by atoms with Crippen molar-refractivity contribution in [2.45, 2.75) is 4.34 Å². The first-order chi connectivity index (χ1) is 13.2. The highest BCUT2D eigenvalue weighted by atomic mass is 32.2. The number of nitrogens with one attached hydrogen (secondary N) is 1. The molecule has 1 aromatic heterocycles. The largest absolute Gasteiger partial charge is 0.399 e. The summed E-state index contributed by atoms with van der Waals surface area (Å²) < 4.78 is 1.90. The molecule has 6 heteroatoms. The molecule has 0 radical (unpaired) electrons. The van der Waals surface area contributed by atoms with Crippen molar-refractivity contribution in [1.29, 1.82) is 0 Å². The van der Waals surface area contributed by atoms with Crippen LogP contribution in [0.5, 0.6) is 0 Å². The zero-order valence-electron chi connectivity index (χ0n) is 14.4. The Labute approximate surface area is 165 Å². The van der Waals surface area contributed by atoms with Gasteiger partial charge in [-0.15, -0.1) is 11.3 Å². The number of benzene rings is 3. The van der Waals surface area contributed by atoms with Crippen LogP contribution in [0.4, 0.5) is 11.4 Å². The van der Waals surface area contributed by atoms with Crippen LogP contribution in [0, 0.1) is 0 Å². The highest BCUT2D eigenvalue weighted by Gasteiger charge is 2.09. The average Bonchev–Trinajstić information content (AvgIpc) is 3.10. The van der Waals surface area contributed by atoms with E-state index in [1.807, 2.05) is 60.7 Å². The molecular formula is C21H17N3OS2. The summed E-state index contributed by atoms with van der Waals surface area (Å²) in [6, 6.07) is 23.7. The second kappa shape index (κ2) is 7.82. The van der Waals surface area contributed by atoms with Crippen LogP contribution >= 0.6 is 23.1 Å². The second-order valence-electron chi connectivity index (χ2n) is 5.99. The maximum absolute atomic E-state index is 12.2. The summed E-state index contributed by atoms with van der Waals surface area (Å²) in [4.78, 5) is 16.8. The molecule has 3 aromatic carbocycles. The van der Waals surface area contributed by atoms with Gasteiger partial charge in [0.05, 0.1) is 16.0 Å². The number of fused-ring (bicyclic) bond motifs is 1. The normalized spacial score (nSPS) is 10.8. The van der Waals surface area contributed by atoms with Crippen LogP contribution < -0.4 is 11.1 Å². The number of amides is 1.